The highest BCUT2D eigenvalue weighted by molar-refractivity contribution is 7.89. The molecule has 2 aliphatic rings. The summed E-state index contributed by atoms with van der Waals surface area (Å²) in [6, 6.07) is 1.83. The van der Waals surface area contributed by atoms with Crippen molar-refractivity contribution in [1.82, 2.24) is 14.5 Å². The number of carbonyl (C=O) groups excluding carboxylic acids is 2. The van der Waals surface area contributed by atoms with E-state index in [9.17, 15) is 18.0 Å². The fraction of sp³-hybridized carbons (Fsp3) is 0.619. The monoisotopic (exact) mass is 469 g/mol. The Labute approximate surface area is 188 Å². The van der Waals surface area contributed by atoms with Gasteiger partial charge in [-0.2, -0.15) is 4.31 Å². The summed E-state index contributed by atoms with van der Waals surface area (Å²) in [5, 5.41) is 2.68. The molecular weight excluding hydrogens is 438 g/mol. The number of methoxy groups -OCH3 is 2. The Morgan fingerprint density at radius 3 is 2.28 bits per heavy atom. The molecule has 2 fully saturated rings. The third-order valence-electron chi connectivity index (χ3n) is 5.69. The molecule has 2 amide bonds. The predicted molar refractivity (Wildman–Crippen MR) is 116 cm³/mol. The van der Waals surface area contributed by atoms with Gasteiger partial charge in [-0.25, -0.2) is 8.42 Å². The van der Waals surface area contributed by atoms with E-state index in [2.05, 4.69) is 5.32 Å². The van der Waals surface area contributed by atoms with E-state index >= 15 is 0 Å². The van der Waals surface area contributed by atoms with Gasteiger partial charge < -0.3 is 24.4 Å². The molecule has 3 rings (SSSR count). The van der Waals surface area contributed by atoms with Crippen molar-refractivity contribution in [2.75, 3.05) is 53.6 Å². The molecule has 0 saturated carbocycles. The van der Waals surface area contributed by atoms with Crippen LogP contribution in [0.5, 0.6) is 11.5 Å². The van der Waals surface area contributed by atoms with E-state index in [0.717, 1.165) is 19.3 Å². The lowest BCUT2D eigenvalue weighted by Gasteiger charge is -2.29. The van der Waals surface area contributed by atoms with Crippen LogP contribution in [0.1, 0.15) is 36.5 Å². The molecule has 11 heteroatoms. The molecule has 0 spiro atoms. The fourth-order valence-electron chi connectivity index (χ4n) is 3.92. The lowest BCUT2D eigenvalue weighted by Crippen LogP contribution is -2.48. The normalized spacial score (nSPS) is 18.7. The third kappa shape index (κ3) is 5.16. The zero-order valence-corrected chi connectivity index (χ0v) is 19.6. The second-order valence-electron chi connectivity index (χ2n) is 7.80. The minimum atomic E-state index is -3.87. The second-order valence-corrected chi connectivity index (χ2v) is 9.74. The van der Waals surface area contributed by atoms with Gasteiger partial charge >= 0.3 is 0 Å². The number of piperidine rings is 1. The van der Waals surface area contributed by atoms with Gasteiger partial charge in [-0.15, -0.1) is 0 Å². The lowest BCUT2D eigenvalue weighted by molar-refractivity contribution is -0.133. The summed E-state index contributed by atoms with van der Waals surface area (Å²) in [6.07, 6.45) is 2.98. The SMILES string of the molecule is COc1cc(S(=O)(=O)N2CCOCC2)cc(C(=O)N[C@H](C)C(=O)N2CCCCC2)c1OC. The Morgan fingerprint density at radius 1 is 1.03 bits per heavy atom. The van der Waals surface area contributed by atoms with Crippen LogP contribution < -0.4 is 14.8 Å². The van der Waals surface area contributed by atoms with Crippen molar-refractivity contribution < 1.29 is 32.2 Å². The van der Waals surface area contributed by atoms with Gasteiger partial charge in [0.25, 0.3) is 5.91 Å². The summed E-state index contributed by atoms with van der Waals surface area (Å²) in [4.78, 5) is 27.5. The first-order valence-electron chi connectivity index (χ1n) is 10.7. The lowest BCUT2D eigenvalue weighted by atomic mass is 10.1. The summed E-state index contributed by atoms with van der Waals surface area (Å²) >= 11 is 0. The van der Waals surface area contributed by atoms with Crippen LogP contribution in [-0.4, -0.2) is 89.1 Å². The van der Waals surface area contributed by atoms with Gasteiger partial charge in [0.05, 0.1) is 37.9 Å². The number of likely N-dealkylation sites (tertiary alicyclic amines) is 1. The number of benzene rings is 1. The predicted octanol–water partition coefficient (Wildman–Crippen LogP) is 0.856. The Bertz CT molecular complexity index is 939. The van der Waals surface area contributed by atoms with Crippen LogP contribution >= 0.6 is 0 Å². The number of hydrogen-bond acceptors (Lipinski definition) is 7. The van der Waals surface area contributed by atoms with Gasteiger partial charge in [-0.3, -0.25) is 9.59 Å². The molecule has 1 atom stereocenters. The highest BCUT2D eigenvalue weighted by atomic mass is 32.2. The summed E-state index contributed by atoms with van der Waals surface area (Å²) < 4.78 is 43.5. The molecule has 2 heterocycles. The van der Waals surface area contributed by atoms with Crippen molar-refractivity contribution in [1.29, 1.82) is 0 Å². The minimum absolute atomic E-state index is 0.0167. The van der Waals surface area contributed by atoms with E-state index in [-0.39, 0.29) is 41.0 Å². The first kappa shape index (κ1) is 24.3. The summed E-state index contributed by atoms with van der Waals surface area (Å²) in [7, 11) is -1.14. The number of sulfonamides is 1. The average molecular weight is 470 g/mol. The van der Waals surface area contributed by atoms with E-state index in [1.807, 2.05) is 0 Å². The Kier molecular flexibility index (Phi) is 7.96. The summed E-state index contributed by atoms with van der Waals surface area (Å²) in [5.74, 6) is -0.566. The van der Waals surface area contributed by atoms with Gasteiger partial charge in [0, 0.05) is 32.2 Å². The first-order valence-corrected chi connectivity index (χ1v) is 12.2. The molecular formula is C21H31N3O7S. The molecule has 2 saturated heterocycles. The van der Waals surface area contributed by atoms with Crippen molar-refractivity contribution in [2.24, 2.45) is 0 Å². The van der Waals surface area contributed by atoms with E-state index in [1.54, 1.807) is 11.8 Å². The number of hydrogen-bond donors (Lipinski definition) is 1. The topological polar surface area (TPSA) is 114 Å². The van der Waals surface area contributed by atoms with Crippen LogP contribution in [0.15, 0.2) is 17.0 Å². The number of morpholine rings is 1. The van der Waals surface area contributed by atoms with E-state index in [1.165, 1.54) is 30.7 Å². The molecule has 0 radical (unpaired) electrons. The molecule has 0 aromatic heterocycles. The van der Waals surface area contributed by atoms with E-state index < -0.39 is 22.0 Å². The van der Waals surface area contributed by atoms with Gasteiger partial charge in [0.2, 0.25) is 15.9 Å². The zero-order valence-electron chi connectivity index (χ0n) is 18.8. The minimum Gasteiger partial charge on any atom is -0.493 e. The molecule has 32 heavy (non-hydrogen) atoms. The third-order valence-corrected chi connectivity index (χ3v) is 7.57. The van der Waals surface area contributed by atoms with Crippen molar-refractivity contribution in [3.63, 3.8) is 0 Å². The molecule has 0 unspecified atom stereocenters. The molecule has 0 bridgehead atoms. The highest BCUT2D eigenvalue weighted by Gasteiger charge is 2.31. The molecule has 1 aromatic carbocycles. The van der Waals surface area contributed by atoms with Crippen LogP contribution in [0.25, 0.3) is 0 Å². The maximum Gasteiger partial charge on any atom is 0.255 e. The van der Waals surface area contributed by atoms with Crippen LogP contribution in [-0.2, 0) is 19.6 Å². The standard InChI is InChI=1S/C21H31N3O7S/c1-15(21(26)23-7-5-4-6-8-23)22-20(25)17-13-16(14-18(29-2)19(17)30-3)32(27,28)24-9-11-31-12-10-24/h13-15H,4-12H2,1-3H3,(H,22,25)/t15-/m1/s1. The van der Waals surface area contributed by atoms with E-state index in [0.29, 0.717) is 26.3 Å². The smallest absolute Gasteiger partial charge is 0.255 e. The van der Waals surface area contributed by atoms with Gasteiger partial charge in [-0.1, -0.05) is 0 Å². The molecule has 1 aromatic rings. The van der Waals surface area contributed by atoms with Crippen LogP contribution in [0.3, 0.4) is 0 Å². The molecule has 0 aliphatic carbocycles. The largest absolute Gasteiger partial charge is 0.493 e. The van der Waals surface area contributed by atoms with Gasteiger partial charge in [0.15, 0.2) is 11.5 Å². The molecule has 10 nitrogen and oxygen atoms in total. The van der Waals surface area contributed by atoms with Gasteiger partial charge in [0.1, 0.15) is 6.04 Å². The van der Waals surface area contributed by atoms with Crippen molar-refractivity contribution in [2.45, 2.75) is 37.1 Å². The maximum absolute atomic E-state index is 13.1. The fourth-order valence-corrected chi connectivity index (χ4v) is 5.37. The van der Waals surface area contributed by atoms with Crippen molar-refractivity contribution in [3.05, 3.63) is 17.7 Å². The van der Waals surface area contributed by atoms with Crippen molar-refractivity contribution >= 4 is 21.8 Å². The number of nitrogens with one attached hydrogen (secondary N) is 1. The zero-order chi connectivity index (χ0) is 23.3. The number of amides is 2. The van der Waals surface area contributed by atoms with Gasteiger partial charge in [-0.05, 0) is 32.3 Å². The average Bonchev–Trinajstić information content (AvgIpc) is 2.83. The Morgan fingerprint density at radius 2 is 1.69 bits per heavy atom. The van der Waals surface area contributed by atoms with Crippen molar-refractivity contribution in [3.8, 4) is 11.5 Å². The molecule has 178 valence electrons. The first-order chi connectivity index (χ1) is 15.3. The number of carbonyl (C=O) groups is 2. The quantitative estimate of drug-likeness (QED) is 0.630. The maximum atomic E-state index is 13.1. The van der Waals surface area contributed by atoms with Crippen LogP contribution in [0.4, 0.5) is 0 Å². The molecule has 1 N–H and O–H groups in total. The number of nitrogens with zero attached hydrogens (tertiary/aromatic N) is 2. The number of ether oxygens (including phenoxy) is 3. The summed E-state index contributed by atoms with van der Waals surface area (Å²) in [5.41, 5.74) is -0.0167. The highest BCUT2D eigenvalue weighted by Crippen LogP contribution is 2.35. The van der Waals surface area contributed by atoms with E-state index in [4.69, 9.17) is 14.2 Å². The Balaban J connectivity index is 1.89. The Hall–Kier alpha value is -2.37. The van der Waals surface area contributed by atoms with Crippen LogP contribution in [0.2, 0.25) is 0 Å². The molecule has 2 aliphatic heterocycles. The second kappa shape index (κ2) is 10.5. The number of rotatable bonds is 7. The summed E-state index contributed by atoms with van der Waals surface area (Å²) in [6.45, 7) is 4.00. The van der Waals surface area contributed by atoms with Crippen LogP contribution in [0, 0.1) is 0 Å².